The van der Waals surface area contributed by atoms with Gasteiger partial charge in [-0.1, -0.05) is 70.6 Å². The average Bonchev–Trinajstić information content (AvgIpc) is 3.45. The van der Waals surface area contributed by atoms with Crippen molar-refractivity contribution >= 4 is 5.97 Å². The van der Waals surface area contributed by atoms with Crippen molar-refractivity contribution in [3.05, 3.63) is 59.3 Å². The summed E-state index contributed by atoms with van der Waals surface area (Å²) in [4.78, 5) is 14.2. The Hall–Kier alpha value is -2.19. The lowest BCUT2D eigenvalue weighted by Gasteiger charge is -2.48. The number of carbonyl (C=O) groups is 1. The molecule has 5 heterocycles. The summed E-state index contributed by atoms with van der Waals surface area (Å²) in [6.45, 7) is 14.2. The van der Waals surface area contributed by atoms with E-state index >= 15 is 0 Å². The number of allylic oxidation sites excluding steroid dienone is 2. The molecule has 0 saturated carbocycles. The van der Waals surface area contributed by atoms with Crippen LogP contribution in [0.15, 0.2) is 59.3 Å². The topological polar surface area (TPSA) is 142 Å². The van der Waals surface area contributed by atoms with Crippen molar-refractivity contribution in [1.82, 2.24) is 0 Å². The number of aliphatic hydroxyl groups is 3. The maximum Gasteiger partial charge on any atom is 0.316 e. The molecule has 6 rings (SSSR count). The normalized spacial score (nSPS) is 48.8. The number of ether oxygens (including phenoxy) is 7. The number of fused-ring (bicyclic) bond motifs is 2. The van der Waals surface area contributed by atoms with Crippen LogP contribution in [-0.4, -0.2) is 108 Å². The second kappa shape index (κ2) is 15.9. The number of methoxy groups -OCH3 is 1. The zero-order valence-electron chi connectivity index (χ0n) is 32.0. The lowest BCUT2D eigenvalue weighted by molar-refractivity contribution is -0.300. The summed E-state index contributed by atoms with van der Waals surface area (Å²) in [5.41, 5.74) is 0.184. The van der Waals surface area contributed by atoms with Crippen molar-refractivity contribution in [1.29, 1.82) is 0 Å². The molecule has 1 aliphatic carbocycles. The first-order valence-electron chi connectivity index (χ1n) is 19.2. The second-order valence-corrected chi connectivity index (χ2v) is 16.1. The fourth-order valence-corrected chi connectivity index (χ4v) is 8.87. The third kappa shape index (κ3) is 7.68. The minimum atomic E-state index is -1.81. The molecule has 3 fully saturated rings. The highest BCUT2D eigenvalue weighted by molar-refractivity contribution is 5.78. The minimum Gasteiger partial charge on any atom is -0.462 e. The molecule has 6 aliphatic rings. The van der Waals surface area contributed by atoms with Gasteiger partial charge in [-0.15, -0.1) is 0 Å². The predicted octanol–water partition coefficient (Wildman–Crippen LogP) is 4.84. The Morgan fingerprint density at radius 3 is 2.54 bits per heavy atom. The highest BCUT2D eigenvalue weighted by atomic mass is 16.7. The molecule has 1 spiro atoms. The number of esters is 1. The predicted molar refractivity (Wildman–Crippen MR) is 193 cm³/mol. The molecule has 0 aromatic rings. The van der Waals surface area contributed by atoms with E-state index in [-0.39, 0.29) is 36.6 Å². The van der Waals surface area contributed by atoms with Gasteiger partial charge in [-0.2, -0.15) is 0 Å². The average molecular weight is 729 g/mol. The molecule has 290 valence electrons. The largest absolute Gasteiger partial charge is 0.462 e. The van der Waals surface area contributed by atoms with E-state index < -0.39 is 72.3 Å². The van der Waals surface area contributed by atoms with Crippen LogP contribution < -0.4 is 0 Å². The van der Waals surface area contributed by atoms with Gasteiger partial charge in [0.05, 0.1) is 37.1 Å². The van der Waals surface area contributed by atoms with Gasteiger partial charge in [0.25, 0.3) is 0 Å². The Kier molecular flexibility index (Phi) is 12.1. The molecule has 16 atom stereocenters. The van der Waals surface area contributed by atoms with Gasteiger partial charge >= 0.3 is 5.97 Å². The van der Waals surface area contributed by atoms with Gasteiger partial charge in [-0.25, -0.2) is 0 Å². The standard InChI is InChI=1S/C41H60O11/c1-9-22(2)37-25(5)15-16-40(52-37)20-30-18-29(51-40)14-13-24(4)36(50-33-19-32(46-8)35(43)27(7)48-33)23(3)11-10-12-28-21-47-38-34(42)26(6)17-31(39(44)49-30)41(28,38)45/h10-13,15-17,22-23,25,27,29-38,42-43,45H,9,14,18-21H2,1-8H3/b11-10+,24-13+,28-12+/t22?,23-,25-,27-,29+,30-,31-,32-,33?,34+,35-,36-,37+,38+,40+,41+/m0/s1. The molecule has 2 bridgehead atoms. The summed E-state index contributed by atoms with van der Waals surface area (Å²) in [5, 5.41) is 34.1. The number of hydrogen-bond donors (Lipinski definition) is 3. The lowest BCUT2D eigenvalue weighted by Crippen LogP contribution is -2.58. The van der Waals surface area contributed by atoms with Crippen LogP contribution in [0.2, 0.25) is 0 Å². The van der Waals surface area contributed by atoms with Crippen molar-refractivity contribution in [2.75, 3.05) is 13.7 Å². The molecule has 0 aromatic heterocycles. The fraction of sp³-hybridized carbons (Fsp3) is 0.732. The minimum absolute atomic E-state index is 0.0471. The molecule has 3 N–H and O–H groups in total. The molecule has 11 heteroatoms. The summed E-state index contributed by atoms with van der Waals surface area (Å²) in [6.07, 6.45) is 10.2. The summed E-state index contributed by atoms with van der Waals surface area (Å²) in [6, 6.07) is 0. The zero-order chi connectivity index (χ0) is 37.5. The molecule has 3 saturated heterocycles. The highest BCUT2D eigenvalue weighted by Gasteiger charge is 2.60. The van der Waals surface area contributed by atoms with Crippen LogP contribution in [0.4, 0.5) is 0 Å². The quantitative estimate of drug-likeness (QED) is 0.265. The van der Waals surface area contributed by atoms with Crippen molar-refractivity contribution < 1.29 is 53.3 Å². The first-order valence-corrected chi connectivity index (χ1v) is 19.2. The van der Waals surface area contributed by atoms with Crippen LogP contribution >= 0.6 is 0 Å². The Bertz CT molecular complexity index is 1450. The Balaban J connectivity index is 1.38. The molecular formula is C41H60O11. The van der Waals surface area contributed by atoms with E-state index in [1.165, 1.54) is 0 Å². The molecule has 0 radical (unpaired) electrons. The van der Waals surface area contributed by atoms with E-state index in [1.807, 2.05) is 39.0 Å². The van der Waals surface area contributed by atoms with Gasteiger partial charge < -0.3 is 48.5 Å². The summed E-state index contributed by atoms with van der Waals surface area (Å²) in [7, 11) is 1.58. The molecule has 0 aromatic carbocycles. The van der Waals surface area contributed by atoms with Crippen molar-refractivity contribution in [2.45, 2.75) is 153 Å². The Morgan fingerprint density at radius 2 is 1.81 bits per heavy atom. The highest BCUT2D eigenvalue weighted by Crippen LogP contribution is 2.47. The third-order valence-electron chi connectivity index (χ3n) is 12.3. The zero-order valence-corrected chi connectivity index (χ0v) is 32.0. The van der Waals surface area contributed by atoms with Gasteiger partial charge in [0, 0.05) is 38.2 Å². The fourth-order valence-electron chi connectivity index (χ4n) is 8.87. The van der Waals surface area contributed by atoms with E-state index in [0.29, 0.717) is 36.8 Å². The van der Waals surface area contributed by atoms with Crippen LogP contribution in [0, 0.1) is 23.7 Å². The van der Waals surface area contributed by atoms with E-state index in [1.54, 1.807) is 26.2 Å². The summed E-state index contributed by atoms with van der Waals surface area (Å²) >= 11 is 0. The van der Waals surface area contributed by atoms with E-state index in [9.17, 15) is 20.1 Å². The van der Waals surface area contributed by atoms with Crippen LogP contribution in [0.25, 0.3) is 0 Å². The van der Waals surface area contributed by atoms with E-state index in [0.717, 1.165) is 12.0 Å². The first kappa shape index (κ1) is 39.5. The van der Waals surface area contributed by atoms with Crippen LogP contribution in [-0.2, 0) is 38.0 Å². The number of aliphatic hydroxyl groups excluding tert-OH is 2. The Labute approximate surface area is 308 Å². The first-order chi connectivity index (χ1) is 24.7. The number of rotatable bonds is 5. The maximum absolute atomic E-state index is 14.2. The van der Waals surface area contributed by atoms with Crippen LogP contribution in [0.1, 0.15) is 80.6 Å². The molecular weight excluding hydrogens is 668 g/mol. The van der Waals surface area contributed by atoms with Crippen LogP contribution in [0.3, 0.4) is 0 Å². The molecule has 0 amide bonds. The molecule has 2 unspecified atom stereocenters. The van der Waals surface area contributed by atoms with E-state index in [4.69, 9.17) is 33.2 Å². The van der Waals surface area contributed by atoms with Gasteiger partial charge in [0.15, 0.2) is 12.1 Å². The Morgan fingerprint density at radius 1 is 1.04 bits per heavy atom. The third-order valence-corrected chi connectivity index (χ3v) is 12.3. The summed E-state index contributed by atoms with van der Waals surface area (Å²) < 4.78 is 44.4. The SMILES string of the molecule is CCC(C)[C@H]1O[C@]2(C=C[C@@H]1C)C[C@@H]1C[C@@H](C/C=C(\C)[C@@H](OC3C[C@H](OC)[C@@H](O)[C@H](C)O3)[C@@H](C)/C=C/C=C3\CO[C@@H]4[C@H](O)C(C)=C[C@@H](C(=O)O1)[C@]34O)O2. The smallest absolute Gasteiger partial charge is 0.316 e. The van der Waals surface area contributed by atoms with Gasteiger partial charge in [0.2, 0.25) is 0 Å². The second-order valence-electron chi connectivity index (χ2n) is 16.1. The van der Waals surface area contributed by atoms with Gasteiger partial charge in [-0.3, -0.25) is 4.79 Å². The van der Waals surface area contributed by atoms with Gasteiger partial charge in [-0.05, 0) is 55.9 Å². The van der Waals surface area contributed by atoms with Crippen molar-refractivity contribution in [2.24, 2.45) is 23.7 Å². The summed E-state index contributed by atoms with van der Waals surface area (Å²) in [5.74, 6) is -2.44. The maximum atomic E-state index is 14.2. The van der Waals surface area contributed by atoms with E-state index in [2.05, 4.69) is 32.9 Å². The van der Waals surface area contributed by atoms with Crippen molar-refractivity contribution in [3.63, 3.8) is 0 Å². The monoisotopic (exact) mass is 728 g/mol. The van der Waals surface area contributed by atoms with Gasteiger partial charge in [0.1, 0.15) is 35.9 Å². The number of carbonyl (C=O) groups excluding carboxylic acids is 1. The lowest BCUT2D eigenvalue weighted by atomic mass is 9.71. The van der Waals surface area contributed by atoms with Crippen LogP contribution in [0.5, 0.6) is 0 Å². The molecule has 5 aliphatic heterocycles. The number of hydrogen-bond acceptors (Lipinski definition) is 11. The molecule has 11 nitrogen and oxygen atoms in total. The molecule has 52 heavy (non-hydrogen) atoms. The van der Waals surface area contributed by atoms with Crippen molar-refractivity contribution in [3.8, 4) is 0 Å².